The van der Waals surface area contributed by atoms with Crippen LogP contribution in [0, 0.1) is 12.3 Å². The van der Waals surface area contributed by atoms with Crippen molar-refractivity contribution in [3.63, 3.8) is 0 Å². The van der Waals surface area contributed by atoms with Gasteiger partial charge >= 0.3 is 6.09 Å². The van der Waals surface area contributed by atoms with Gasteiger partial charge in [0.15, 0.2) is 5.78 Å². The van der Waals surface area contributed by atoms with Crippen LogP contribution in [0.2, 0.25) is 0 Å². The van der Waals surface area contributed by atoms with Crippen molar-refractivity contribution in [3.05, 3.63) is 18.1 Å². The van der Waals surface area contributed by atoms with Gasteiger partial charge in [-0.3, -0.25) is 9.69 Å². The second-order valence-electron chi connectivity index (χ2n) is 6.47. The van der Waals surface area contributed by atoms with E-state index in [1.54, 1.807) is 12.0 Å². The van der Waals surface area contributed by atoms with Crippen LogP contribution in [0.25, 0.3) is 0 Å². The second-order valence-corrected chi connectivity index (χ2v) is 6.47. The van der Waals surface area contributed by atoms with Crippen molar-refractivity contribution in [2.24, 2.45) is 5.92 Å². The Morgan fingerprint density at radius 1 is 1.38 bits per heavy atom. The Labute approximate surface area is 126 Å². The lowest BCUT2D eigenvalue weighted by atomic mass is 9.85. The number of ketones is 1. The lowest BCUT2D eigenvalue weighted by molar-refractivity contribution is -0.116. The average Bonchev–Trinajstić information content (AvgIpc) is 2.68. The van der Waals surface area contributed by atoms with Crippen LogP contribution in [0.3, 0.4) is 0 Å². The maximum absolute atomic E-state index is 12.4. The van der Waals surface area contributed by atoms with Crippen LogP contribution in [0.5, 0.6) is 0 Å². The van der Waals surface area contributed by atoms with Gasteiger partial charge in [-0.2, -0.15) is 0 Å². The Bertz CT molecular complexity index is 463. The van der Waals surface area contributed by atoms with Crippen LogP contribution in [0.1, 0.15) is 40.5 Å². The topological polar surface area (TPSA) is 55.8 Å². The first-order valence-corrected chi connectivity index (χ1v) is 7.40. The fourth-order valence-electron chi connectivity index (χ4n) is 2.94. The number of amides is 1. The maximum atomic E-state index is 12.4. The molecule has 0 saturated carbocycles. The highest BCUT2D eigenvalue weighted by molar-refractivity contribution is 5.96. The van der Waals surface area contributed by atoms with Crippen molar-refractivity contribution in [1.82, 2.24) is 4.90 Å². The number of fused-ring (bicyclic) bond motifs is 2. The highest BCUT2D eigenvalue weighted by Crippen LogP contribution is 2.41. The van der Waals surface area contributed by atoms with Crippen molar-refractivity contribution < 1.29 is 19.1 Å². The fourth-order valence-corrected chi connectivity index (χ4v) is 2.94. The van der Waals surface area contributed by atoms with Gasteiger partial charge in [0.05, 0.1) is 0 Å². The number of carbonyl (C=O) groups excluding carboxylic acids is 2. The molecule has 5 nitrogen and oxygen atoms in total. The van der Waals surface area contributed by atoms with Crippen LogP contribution in [0.4, 0.5) is 4.79 Å². The maximum Gasteiger partial charge on any atom is 0.412 e. The largest absolute Gasteiger partial charge is 0.444 e. The molecule has 1 radical (unpaired) electrons. The number of hydrogen-bond donors (Lipinski definition) is 0. The smallest absolute Gasteiger partial charge is 0.412 e. The lowest BCUT2D eigenvalue weighted by Gasteiger charge is -2.31. The molecule has 3 atom stereocenters. The van der Waals surface area contributed by atoms with Gasteiger partial charge in [-0.05, 0) is 39.2 Å². The third-order valence-electron chi connectivity index (χ3n) is 3.80. The molecule has 0 aromatic rings. The molecule has 1 aliphatic carbocycles. The van der Waals surface area contributed by atoms with E-state index in [2.05, 4.69) is 0 Å². The molecule has 0 aromatic carbocycles. The first-order chi connectivity index (χ1) is 9.78. The summed E-state index contributed by atoms with van der Waals surface area (Å²) in [6, 6.07) is -0.0665. The molecule has 2 aliphatic rings. The summed E-state index contributed by atoms with van der Waals surface area (Å²) in [6.07, 6.45) is 4.21. The summed E-state index contributed by atoms with van der Waals surface area (Å²) in [5.74, 6) is -0.0449. The van der Waals surface area contributed by atoms with E-state index in [1.807, 2.05) is 40.2 Å². The lowest BCUT2D eigenvalue weighted by Crippen LogP contribution is -2.45. The number of rotatable bonds is 3. The van der Waals surface area contributed by atoms with Gasteiger partial charge in [0.25, 0.3) is 0 Å². The molecular weight excluding hydrogens is 270 g/mol. The number of Topliss-reactive ketones (excluding diaryl/α,β-unsaturated/α-hetero) is 1. The molecule has 1 heterocycles. The zero-order valence-corrected chi connectivity index (χ0v) is 13.4. The number of likely N-dealkylation sites (tertiary alicyclic amines) is 1. The molecule has 3 unspecified atom stereocenters. The highest BCUT2D eigenvalue weighted by Gasteiger charge is 2.49. The molecular formula is C16H24NO4. The standard InChI is InChI=1S/C16H24NO4/c1-6-13(18)11-8-7-10-9-12(11)14(20-5)17(10)15(19)21-16(2,3)4/h8-10,12,14H,6-7H2,1-5H3. The van der Waals surface area contributed by atoms with Gasteiger partial charge in [-0.15, -0.1) is 0 Å². The van der Waals surface area contributed by atoms with Gasteiger partial charge in [-0.1, -0.05) is 13.0 Å². The molecule has 1 aliphatic heterocycles. The predicted octanol–water partition coefficient (Wildman–Crippen LogP) is 2.71. The summed E-state index contributed by atoms with van der Waals surface area (Å²) in [6.45, 7) is 7.35. The molecule has 1 saturated heterocycles. The zero-order valence-electron chi connectivity index (χ0n) is 13.4. The molecule has 0 spiro atoms. The second kappa shape index (κ2) is 5.79. The monoisotopic (exact) mass is 294 g/mol. The van der Waals surface area contributed by atoms with E-state index in [4.69, 9.17) is 9.47 Å². The normalized spacial score (nSPS) is 28.3. The molecule has 1 fully saturated rings. The number of carbonyl (C=O) groups is 2. The van der Waals surface area contributed by atoms with E-state index >= 15 is 0 Å². The zero-order chi connectivity index (χ0) is 15.8. The van der Waals surface area contributed by atoms with Crippen LogP contribution in [0.15, 0.2) is 11.6 Å². The summed E-state index contributed by atoms with van der Waals surface area (Å²) in [5.41, 5.74) is 0.202. The van der Waals surface area contributed by atoms with Gasteiger partial charge in [0.2, 0.25) is 0 Å². The van der Waals surface area contributed by atoms with E-state index in [1.165, 1.54) is 0 Å². The molecule has 2 bridgehead atoms. The summed E-state index contributed by atoms with van der Waals surface area (Å²) < 4.78 is 11.0. The molecule has 117 valence electrons. The van der Waals surface area contributed by atoms with E-state index in [0.717, 1.165) is 5.57 Å². The first kappa shape index (κ1) is 16.0. The van der Waals surface area contributed by atoms with E-state index in [-0.39, 0.29) is 17.7 Å². The summed E-state index contributed by atoms with van der Waals surface area (Å²) >= 11 is 0. The van der Waals surface area contributed by atoms with E-state index in [0.29, 0.717) is 12.8 Å². The minimum atomic E-state index is -0.554. The average molecular weight is 294 g/mol. The SMILES string of the molecule is CCC(=O)C1=CCC2[CH]C1C(OC)N2C(=O)OC(C)(C)C. The molecule has 21 heavy (non-hydrogen) atoms. The Kier molecular flexibility index (Phi) is 4.42. The van der Waals surface area contributed by atoms with Crippen molar-refractivity contribution in [2.45, 2.75) is 58.4 Å². The number of methoxy groups -OCH3 is 1. The summed E-state index contributed by atoms with van der Waals surface area (Å²) in [7, 11) is 1.56. The Balaban J connectivity index is 2.21. The first-order valence-electron chi connectivity index (χ1n) is 7.40. The van der Waals surface area contributed by atoms with Gasteiger partial charge in [-0.25, -0.2) is 4.79 Å². The minimum absolute atomic E-state index is 0.0665. The Morgan fingerprint density at radius 3 is 2.57 bits per heavy atom. The number of hydrogen-bond acceptors (Lipinski definition) is 4. The van der Waals surface area contributed by atoms with Crippen molar-refractivity contribution >= 4 is 11.9 Å². The third-order valence-corrected chi connectivity index (χ3v) is 3.80. The Morgan fingerprint density at radius 2 is 2.05 bits per heavy atom. The number of ether oxygens (including phenoxy) is 2. The minimum Gasteiger partial charge on any atom is -0.444 e. The number of nitrogens with zero attached hydrogens (tertiary/aromatic N) is 1. The third kappa shape index (κ3) is 3.12. The summed E-state index contributed by atoms with van der Waals surface area (Å²) in [5, 5.41) is 0. The molecule has 5 heteroatoms. The van der Waals surface area contributed by atoms with Crippen molar-refractivity contribution in [2.75, 3.05) is 7.11 Å². The summed E-state index contributed by atoms with van der Waals surface area (Å²) in [4.78, 5) is 26.1. The van der Waals surface area contributed by atoms with E-state index < -0.39 is 17.9 Å². The van der Waals surface area contributed by atoms with Crippen LogP contribution in [-0.4, -0.2) is 41.8 Å². The molecule has 1 amide bonds. The van der Waals surface area contributed by atoms with Crippen molar-refractivity contribution in [1.29, 1.82) is 0 Å². The van der Waals surface area contributed by atoms with Crippen LogP contribution in [-0.2, 0) is 14.3 Å². The molecule has 0 N–H and O–H groups in total. The predicted molar refractivity (Wildman–Crippen MR) is 78.4 cm³/mol. The quantitative estimate of drug-likeness (QED) is 0.803. The Hall–Kier alpha value is -1.36. The van der Waals surface area contributed by atoms with E-state index in [9.17, 15) is 9.59 Å². The van der Waals surface area contributed by atoms with Gasteiger partial charge in [0, 0.05) is 25.5 Å². The van der Waals surface area contributed by atoms with Crippen molar-refractivity contribution in [3.8, 4) is 0 Å². The van der Waals surface area contributed by atoms with Gasteiger partial charge in [0.1, 0.15) is 11.8 Å². The van der Waals surface area contributed by atoms with Crippen LogP contribution < -0.4 is 0 Å². The fraction of sp³-hybridized carbons (Fsp3) is 0.688. The molecule has 2 rings (SSSR count). The molecule has 0 aromatic heterocycles. The highest BCUT2D eigenvalue weighted by atomic mass is 16.6. The van der Waals surface area contributed by atoms with Crippen LogP contribution >= 0.6 is 0 Å². The van der Waals surface area contributed by atoms with Gasteiger partial charge < -0.3 is 9.47 Å².